The number of benzene rings is 2. The van der Waals surface area contributed by atoms with Crippen LogP contribution in [0.5, 0.6) is 11.5 Å². The summed E-state index contributed by atoms with van der Waals surface area (Å²) in [4.78, 5) is 10.2. The molecule has 0 saturated heterocycles. The maximum absolute atomic E-state index is 12.8. The molecule has 0 saturated carbocycles. The number of nitro benzene ring substituents is 1. The molecule has 0 radical (unpaired) electrons. The van der Waals surface area contributed by atoms with Gasteiger partial charge in [-0.2, -0.15) is 18.3 Å². The van der Waals surface area contributed by atoms with Gasteiger partial charge in [-0.25, -0.2) is 0 Å². The molecule has 0 amide bonds. The maximum Gasteiger partial charge on any atom is 0.416 e. The van der Waals surface area contributed by atoms with E-state index in [0.717, 1.165) is 18.6 Å². The van der Waals surface area contributed by atoms with Gasteiger partial charge in [0.25, 0.3) is 5.69 Å². The second-order valence-corrected chi connectivity index (χ2v) is 6.63. The number of nitro groups is 1. The third kappa shape index (κ3) is 5.76. The van der Waals surface area contributed by atoms with Crippen molar-refractivity contribution in [3.8, 4) is 11.5 Å². The average Bonchev–Trinajstić information content (AvgIpc) is 2.68. The fourth-order valence-corrected chi connectivity index (χ4v) is 2.61. The molecular weight excluding hydrogens is 427 g/mol. The van der Waals surface area contributed by atoms with Gasteiger partial charge in [0.15, 0.2) is 11.5 Å². The monoisotopic (exact) mass is 445 g/mol. The van der Waals surface area contributed by atoms with E-state index in [0.29, 0.717) is 23.1 Å². The number of nitrogens with zero attached hydrogens (tertiary/aromatic N) is 2. The number of rotatable bonds is 8. The number of anilines is 1. The van der Waals surface area contributed by atoms with Crippen molar-refractivity contribution in [2.75, 3.05) is 12.5 Å². The van der Waals surface area contributed by atoms with Crippen LogP contribution in [0, 0.1) is 10.1 Å². The Balaban J connectivity index is 2.27. The van der Waals surface area contributed by atoms with Gasteiger partial charge in [0.1, 0.15) is 5.69 Å². The Hall–Kier alpha value is -3.01. The zero-order valence-corrected chi connectivity index (χ0v) is 17.0. The van der Waals surface area contributed by atoms with Crippen LogP contribution in [0.2, 0.25) is 5.02 Å². The van der Waals surface area contributed by atoms with Crippen molar-refractivity contribution < 1.29 is 27.6 Å². The van der Waals surface area contributed by atoms with Crippen LogP contribution >= 0.6 is 11.6 Å². The lowest BCUT2D eigenvalue weighted by molar-refractivity contribution is -0.384. The zero-order chi connectivity index (χ0) is 22.5. The summed E-state index contributed by atoms with van der Waals surface area (Å²) in [6, 6.07) is 5.25. The number of ether oxygens (including phenoxy) is 2. The predicted octanol–water partition coefficient (Wildman–Crippen LogP) is 5.90. The van der Waals surface area contributed by atoms with Crippen LogP contribution in [0.25, 0.3) is 0 Å². The molecule has 0 bridgehead atoms. The number of halogens is 4. The van der Waals surface area contributed by atoms with Crippen molar-refractivity contribution in [1.82, 2.24) is 0 Å². The molecule has 162 valence electrons. The first-order valence-electron chi connectivity index (χ1n) is 8.75. The van der Waals surface area contributed by atoms with Gasteiger partial charge in [-0.15, -0.1) is 0 Å². The number of nitrogens with one attached hydrogen (secondary N) is 1. The first kappa shape index (κ1) is 23.3. The highest BCUT2D eigenvalue weighted by Gasteiger charge is 2.33. The van der Waals surface area contributed by atoms with Gasteiger partial charge in [-0.05, 0) is 43.2 Å². The molecule has 11 heteroatoms. The maximum atomic E-state index is 12.8. The SMILES string of the molecule is CC[C@H](C)Oc1c(Cl)cc(/C=N\Nc2ccc(C(F)(F)F)cc2[N+](=O)[O-])cc1OC. The van der Waals surface area contributed by atoms with Crippen molar-refractivity contribution in [3.63, 3.8) is 0 Å². The lowest BCUT2D eigenvalue weighted by atomic mass is 10.1. The second kappa shape index (κ2) is 9.66. The molecule has 0 spiro atoms. The molecular formula is C19H19ClF3N3O4. The number of methoxy groups -OCH3 is 1. The highest BCUT2D eigenvalue weighted by Crippen LogP contribution is 2.37. The molecule has 30 heavy (non-hydrogen) atoms. The Labute approximate surface area is 175 Å². The molecule has 2 aromatic carbocycles. The summed E-state index contributed by atoms with van der Waals surface area (Å²) in [6.07, 6.45) is -2.72. The minimum Gasteiger partial charge on any atom is -0.493 e. The third-order valence-corrected chi connectivity index (χ3v) is 4.35. The summed E-state index contributed by atoms with van der Waals surface area (Å²) >= 11 is 6.25. The van der Waals surface area contributed by atoms with Crippen LogP contribution in [-0.4, -0.2) is 24.4 Å². The molecule has 0 aliphatic rings. The van der Waals surface area contributed by atoms with Crippen molar-refractivity contribution in [2.24, 2.45) is 5.10 Å². The average molecular weight is 446 g/mol. The smallest absolute Gasteiger partial charge is 0.416 e. The van der Waals surface area contributed by atoms with Gasteiger partial charge in [0.05, 0.1) is 34.9 Å². The number of hydrogen-bond acceptors (Lipinski definition) is 6. The van der Waals surface area contributed by atoms with E-state index in [9.17, 15) is 23.3 Å². The van der Waals surface area contributed by atoms with Crippen LogP contribution in [0.1, 0.15) is 31.4 Å². The van der Waals surface area contributed by atoms with E-state index < -0.39 is 22.4 Å². The topological polar surface area (TPSA) is 86.0 Å². The summed E-state index contributed by atoms with van der Waals surface area (Å²) in [5.41, 5.74) is 0.784. The Bertz CT molecular complexity index is 951. The van der Waals surface area contributed by atoms with Gasteiger partial charge >= 0.3 is 6.18 Å². The van der Waals surface area contributed by atoms with E-state index in [1.807, 2.05) is 13.8 Å². The molecule has 0 aliphatic heterocycles. The molecule has 1 atom stereocenters. The summed E-state index contributed by atoms with van der Waals surface area (Å²) in [5.74, 6) is 0.738. The van der Waals surface area contributed by atoms with Crippen molar-refractivity contribution >= 4 is 29.2 Å². The molecule has 0 aromatic heterocycles. The van der Waals surface area contributed by atoms with Crippen LogP contribution < -0.4 is 14.9 Å². The Morgan fingerprint density at radius 1 is 1.33 bits per heavy atom. The molecule has 0 unspecified atom stereocenters. The second-order valence-electron chi connectivity index (χ2n) is 6.23. The summed E-state index contributed by atoms with van der Waals surface area (Å²) in [7, 11) is 1.44. The van der Waals surface area contributed by atoms with Crippen LogP contribution in [0.3, 0.4) is 0 Å². The molecule has 2 aromatic rings. The zero-order valence-electron chi connectivity index (χ0n) is 16.3. The molecule has 0 fully saturated rings. The van der Waals surface area contributed by atoms with E-state index >= 15 is 0 Å². The van der Waals surface area contributed by atoms with Crippen molar-refractivity contribution in [2.45, 2.75) is 32.5 Å². The molecule has 1 N–H and O–H groups in total. The largest absolute Gasteiger partial charge is 0.493 e. The minimum absolute atomic E-state index is 0.0854. The summed E-state index contributed by atoms with van der Waals surface area (Å²) in [6.45, 7) is 3.84. The Morgan fingerprint density at radius 3 is 2.60 bits per heavy atom. The van der Waals surface area contributed by atoms with Gasteiger partial charge < -0.3 is 9.47 Å². The summed E-state index contributed by atoms with van der Waals surface area (Å²) in [5, 5.41) is 15.2. The fraction of sp³-hybridized carbons (Fsp3) is 0.316. The molecule has 2 rings (SSSR count). The number of hydrogen-bond donors (Lipinski definition) is 1. The van der Waals surface area contributed by atoms with Crippen molar-refractivity contribution in [3.05, 3.63) is 56.6 Å². The predicted molar refractivity (Wildman–Crippen MR) is 108 cm³/mol. The Morgan fingerprint density at radius 2 is 2.03 bits per heavy atom. The van der Waals surface area contributed by atoms with E-state index in [1.165, 1.54) is 13.3 Å². The Kier molecular flexibility index (Phi) is 7.49. The van der Waals surface area contributed by atoms with Crippen LogP contribution in [-0.2, 0) is 6.18 Å². The summed E-state index contributed by atoms with van der Waals surface area (Å²) < 4.78 is 49.3. The normalized spacial score (nSPS) is 12.6. The highest BCUT2D eigenvalue weighted by molar-refractivity contribution is 6.32. The number of alkyl halides is 3. The first-order chi connectivity index (χ1) is 14.1. The molecule has 0 heterocycles. The van der Waals surface area contributed by atoms with E-state index in [-0.39, 0.29) is 16.8 Å². The van der Waals surface area contributed by atoms with Gasteiger partial charge in [0, 0.05) is 6.07 Å². The van der Waals surface area contributed by atoms with Crippen LogP contribution in [0.4, 0.5) is 24.5 Å². The quantitative estimate of drug-likeness (QED) is 0.310. The first-order valence-corrected chi connectivity index (χ1v) is 9.13. The van der Waals surface area contributed by atoms with E-state index in [1.54, 1.807) is 12.1 Å². The minimum atomic E-state index is -4.70. The highest BCUT2D eigenvalue weighted by atomic mass is 35.5. The fourth-order valence-electron chi connectivity index (χ4n) is 2.34. The van der Waals surface area contributed by atoms with E-state index in [2.05, 4.69) is 10.5 Å². The number of hydrazone groups is 1. The standard InChI is InChI=1S/C19H19ClF3N3O4/c1-4-11(2)30-18-14(20)7-12(8-17(18)29-3)10-24-25-15-6-5-13(19(21,22)23)9-16(15)26(27)28/h5-11,25H,4H2,1-3H3/b24-10-/t11-/m0/s1. The van der Waals surface area contributed by atoms with Gasteiger partial charge in [0.2, 0.25) is 0 Å². The molecule has 7 nitrogen and oxygen atoms in total. The third-order valence-electron chi connectivity index (χ3n) is 4.07. The van der Waals surface area contributed by atoms with Gasteiger partial charge in [-0.3, -0.25) is 15.5 Å². The van der Waals surface area contributed by atoms with Gasteiger partial charge in [-0.1, -0.05) is 18.5 Å². The lowest BCUT2D eigenvalue weighted by Gasteiger charge is -2.17. The molecule has 0 aliphatic carbocycles. The van der Waals surface area contributed by atoms with Crippen molar-refractivity contribution in [1.29, 1.82) is 0 Å². The van der Waals surface area contributed by atoms with Crippen LogP contribution in [0.15, 0.2) is 35.4 Å². The van der Waals surface area contributed by atoms with E-state index in [4.69, 9.17) is 21.1 Å². The lowest BCUT2D eigenvalue weighted by Crippen LogP contribution is -2.11.